The molecule has 0 spiro atoms. The van der Waals surface area contributed by atoms with Crippen LogP contribution in [0, 0.1) is 6.92 Å². The normalized spacial score (nSPS) is 17.1. The highest BCUT2D eigenvalue weighted by atomic mass is 35.5. The topological polar surface area (TPSA) is 75.3 Å². The highest BCUT2D eigenvalue weighted by Gasteiger charge is 2.38. The first-order valence-electron chi connectivity index (χ1n) is 8.63. The molecule has 2 heterocycles. The van der Waals surface area contributed by atoms with Crippen LogP contribution in [0.2, 0.25) is 10.0 Å². The second-order valence-corrected chi connectivity index (χ2v) is 8.94. The molecule has 0 atom stereocenters. The van der Waals surface area contributed by atoms with Gasteiger partial charge in [-0.2, -0.15) is 8.78 Å². The predicted molar refractivity (Wildman–Crippen MR) is 108 cm³/mol. The van der Waals surface area contributed by atoms with Crippen LogP contribution in [0.3, 0.4) is 0 Å². The number of anilines is 1. The van der Waals surface area contributed by atoms with Gasteiger partial charge in [0.25, 0.3) is 0 Å². The van der Waals surface area contributed by atoms with Crippen LogP contribution >= 0.6 is 35.0 Å². The molecule has 0 aliphatic carbocycles. The lowest BCUT2D eigenvalue weighted by Gasteiger charge is -2.38. The first kappa shape index (κ1) is 21.5. The molecule has 2 aromatic rings. The zero-order valence-corrected chi connectivity index (χ0v) is 17.7. The van der Waals surface area contributed by atoms with Crippen molar-refractivity contribution in [1.82, 2.24) is 9.97 Å². The summed E-state index contributed by atoms with van der Waals surface area (Å²) in [7, 11) is 0. The first-order chi connectivity index (χ1) is 13.0. The second kappa shape index (κ2) is 7.91. The van der Waals surface area contributed by atoms with Gasteiger partial charge in [0.2, 0.25) is 0 Å². The van der Waals surface area contributed by atoms with Crippen LogP contribution in [0.25, 0.3) is 0 Å². The highest BCUT2D eigenvalue weighted by molar-refractivity contribution is 7.99. The van der Waals surface area contributed by atoms with E-state index in [1.807, 2.05) is 6.92 Å². The lowest BCUT2D eigenvalue weighted by Crippen LogP contribution is -2.49. The fourth-order valence-corrected chi connectivity index (χ4v) is 4.26. The van der Waals surface area contributed by atoms with Crippen molar-refractivity contribution >= 4 is 40.8 Å². The molecule has 0 bridgehead atoms. The van der Waals surface area contributed by atoms with Gasteiger partial charge in [-0.25, -0.2) is 9.97 Å². The average Bonchev–Trinajstić information content (AvgIpc) is 2.59. The van der Waals surface area contributed by atoms with Gasteiger partial charge in [0.15, 0.2) is 11.5 Å². The van der Waals surface area contributed by atoms with Gasteiger partial charge in [0, 0.05) is 23.5 Å². The van der Waals surface area contributed by atoms with E-state index in [0.29, 0.717) is 46.6 Å². The fraction of sp³-hybridized carbons (Fsp3) is 0.444. The summed E-state index contributed by atoms with van der Waals surface area (Å²) in [5.41, 5.74) is 5.44. The number of hydrogen-bond donors (Lipinski definition) is 2. The van der Waals surface area contributed by atoms with Crippen LogP contribution in [-0.4, -0.2) is 33.7 Å². The molecule has 1 fully saturated rings. The molecule has 0 unspecified atom stereocenters. The van der Waals surface area contributed by atoms with E-state index in [4.69, 9.17) is 28.9 Å². The van der Waals surface area contributed by atoms with Gasteiger partial charge in [-0.05, 0) is 38.8 Å². The number of halogens is 4. The molecule has 0 saturated carbocycles. The minimum absolute atomic E-state index is 0.0259. The minimum atomic E-state index is -4.13. The second-order valence-electron chi connectivity index (χ2n) is 7.12. The summed E-state index contributed by atoms with van der Waals surface area (Å²) in [5.74, 6) is -0.0259. The van der Waals surface area contributed by atoms with Crippen LogP contribution in [0.15, 0.2) is 28.1 Å². The maximum absolute atomic E-state index is 14.0. The van der Waals surface area contributed by atoms with Crippen LogP contribution in [0.5, 0.6) is 0 Å². The molecule has 0 radical (unpaired) electrons. The Morgan fingerprint density at radius 3 is 2.50 bits per heavy atom. The van der Waals surface area contributed by atoms with Crippen molar-refractivity contribution in [2.24, 2.45) is 5.73 Å². The maximum Gasteiger partial charge on any atom is 0.401 e. The molecule has 3 rings (SSSR count). The van der Waals surface area contributed by atoms with Gasteiger partial charge in [-0.15, -0.1) is 0 Å². The van der Waals surface area contributed by atoms with E-state index in [9.17, 15) is 13.9 Å². The summed E-state index contributed by atoms with van der Waals surface area (Å²) < 4.78 is 27.9. The summed E-state index contributed by atoms with van der Waals surface area (Å²) >= 11 is 13.3. The number of rotatable bonds is 4. The summed E-state index contributed by atoms with van der Waals surface area (Å²) in [4.78, 5) is 10.6. The quantitative estimate of drug-likeness (QED) is 0.711. The monoisotopic (exact) mass is 448 g/mol. The number of benzene rings is 1. The average molecular weight is 449 g/mol. The Morgan fingerprint density at radius 1 is 1.25 bits per heavy atom. The largest absolute Gasteiger partial charge is 0.401 e. The molecule has 0 amide bonds. The van der Waals surface area contributed by atoms with E-state index in [1.165, 1.54) is 0 Å². The van der Waals surface area contributed by atoms with Crippen LogP contribution in [0.4, 0.5) is 14.6 Å². The lowest BCUT2D eigenvalue weighted by atomic mass is 9.91. The molecular weight excluding hydrogens is 429 g/mol. The number of piperidine rings is 1. The summed E-state index contributed by atoms with van der Waals surface area (Å²) in [6, 6.07) is 5.04. The Labute approximate surface area is 176 Å². The third-order valence-electron chi connectivity index (χ3n) is 4.62. The third kappa shape index (κ3) is 4.68. The van der Waals surface area contributed by atoms with Crippen molar-refractivity contribution in [2.45, 2.75) is 48.3 Å². The van der Waals surface area contributed by atoms with E-state index < -0.39 is 11.8 Å². The van der Waals surface area contributed by atoms with Gasteiger partial charge in [-0.3, -0.25) is 0 Å². The first-order valence-corrected chi connectivity index (χ1v) is 10.2. The molecular formula is C18H20Cl2F2N4OS. The number of alkyl halides is 2. The van der Waals surface area contributed by atoms with Crippen LogP contribution in [-0.2, 0) is 6.11 Å². The number of aromatic nitrogens is 2. The number of aryl methyl sites for hydroxylation is 1. The molecule has 1 aromatic carbocycles. The van der Waals surface area contributed by atoms with Crippen molar-refractivity contribution < 1.29 is 13.9 Å². The number of nitrogens with zero attached hydrogens (tertiary/aromatic N) is 3. The van der Waals surface area contributed by atoms with Crippen molar-refractivity contribution in [3.8, 4) is 0 Å². The molecule has 28 heavy (non-hydrogen) atoms. The van der Waals surface area contributed by atoms with Crippen LogP contribution < -0.4 is 10.6 Å². The van der Waals surface area contributed by atoms with E-state index in [0.717, 1.165) is 11.8 Å². The smallest absolute Gasteiger partial charge is 0.355 e. The van der Waals surface area contributed by atoms with Gasteiger partial charge >= 0.3 is 6.11 Å². The Hall–Kier alpha value is -1.19. The third-order valence-corrected chi connectivity index (χ3v) is 6.69. The van der Waals surface area contributed by atoms with Crippen molar-refractivity contribution in [3.05, 3.63) is 39.6 Å². The number of hydrogen-bond acceptors (Lipinski definition) is 6. The van der Waals surface area contributed by atoms with Gasteiger partial charge in [-0.1, -0.05) is 41.0 Å². The molecule has 5 nitrogen and oxygen atoms in total. The molecule has 1 aliphatic rings. The molecule has 1 saturated heterocycles. The van der Waals surface area contributed by atoms with Gasteiger partial charge in [0.1, 0.15) is 5.03 Å². The summed E-state index contributed by atoms with van der Waals surface area (Å²) in [6.45, 7) is 4.51. The van der Waals surface area contributed by atoms with E-state index in [-0.39, 0.29) is 16.4 Å². The SMILES string of the molecule is Cc1nc(N2CCC(C)(N)CC2)c(C(O)(F)F)nc1Sc1cccc(Cl)c1Cl. The maximum atomic E-state index is 14.0. The Balaban J connectivity index is 1.99. The molecule has 1 aromatic heterocycles. The molecule has 152 valence electrons. The lowest BCUT2D eigenvalue weighted by molar-refractivity contribution is -0.211. The summed E-state index contributed by atoms with van der Waals surface area (Å²) in [5, 5.41) is 10.3. The predicted octanol–water partition coefficient (Wildman–Crippen LogP) is 4.60. The minimum Gasteiger partial charge on any atom is -0.355 e. The van der Waals surface area contributed by atoms with E-state index in [1.54, 1.807) is 30.0 Å². The Morgan fingerprint density at radius 2 is 1.89 bits per heavy atom. The van der Waals surface area contributed by atoms with Gasteiger partial charge < -0.3 is 15.7 Å². The van der Waals surface area contributed by atoms with Gasteiger partial charge in [0.05, 0.1) is 15.7 Å². The van der Waals surface area contributed by atoms with Crippen molar-refractivity contribution in [3.63, 3.8) is 0 Å². The Bertz CT molecular complexity index is 883. The van der Waals surface area contributed by atoms with Crippen molar-refractivity contribution in [2.75, 3.05) is 18.0 Å². The molecule has 3 N–H and O–H groups in total. The number of nitrogens with two attached hydrogens (primary N) is 1. The number of aliphatic hydroxyl groups is 1. The zero-order valence-electron chi connectivity index (χ0n) is 15.3. The fourth-order valence-electron chi connectivity index (χ4n) is 2.91. The molecule has 10 heteroatoms. The van der Waals surface area contributed by atoms with E-state index in [2.05, 4.69) is 9.97 Å². The van der Waals surface area contributed by atoms with E-state index >= 15 is 0 Å². The molecule has 1 aliphatic heterocycles. The van der Waals surface area contributed by atoms with Crippen molar-refractivity contribution in [1.29, 1.82) is 0 Å². The standard InChI is InChI=1S/C18H20Cl2F2N4OS/c1-10-16(28-12-5-3-4-11(19)13(12)20)25-14(18(21,22)27)15(24-10)26-8-6-17(2,23)7-9-26/h3-5,27H,6-9,23H2,1-2H3. The Kier molecular flexibility index (Phi) is 6.08. The highest BCUT2D eigenvalue weighted by Crippen LogP contribution is 2.40. The summed E-state index contributed by atoms with van der Waals surface area (Å²) in [6.07, 6.45) is -2.88. The van der Waals surface area contributed by atoms with Crippen LogP contribution in [0.1, 0.15) is 31.2 Å². The zero-order chi connectivity index (χ0) is 20.7.